The Morgan fingerprint density at radius 1 is 1.04 bits per heavy atom. The molecule has 2 amide bonds. The largest absolute Gasteiger partial charge is 0.307 e. The van der Waals surface area contributed by atoms with Gasteiger partial charge in [-0.15, -0.1) is 11.3 Å². The van der Waals surface area contributed by atoms with Gasteiger partial charge in [0.25, 0.3) is 11.8 Å². The van der Waals surface area contributed by atoms with Crippen molar-refractivity contribution in [2.45, 2.75) is 12.8 Å². The van der Waals surface area contributed by atoms with Gasteiger partial charge in [0.05, 0.1) is 0 Å². The number of nitrogens with zero attached hydrogens (tertiary/aromatic N) is 2. The van der Waals surface area contributed by atoms with E-state index >= 15 is 0 Å². The quantitative estimate of drug-likeness (QED) is 0.765. The SMILES string of the molecule is O=C(Nc1nc(C(=O)N2CCCc3ccccc32)cs1)c1ccccc1. The first-order valence-corrected chi connectivity index (χ1v) is 9.32. The third-order valence-electron chi connectivity index (χ3n) is 4.34. The van der Waals surface area contributed by atoms with Gasteiger partial charge in [0.1, 0.15) is 5.69 Å². The average Bonchev–Trinajstić information content (AvgIpc) is 3.16. The molecule has 0 aliphatic carbocycles. The first-order chi connectivity index (χ1) is 12.7. The Hall–Kier alpha value is -2.99. The van der Waals surface area contributed by atoms with E-state index in [4.69, 9.17) is 0 Å². The van der Waals surface area contributed by atoms with Gasteiger partial charge in [0.2, 0.25) is 0 Å². The maximum atomic E-state index is 12.9. The Kier molecular flexibility index (Phi) is 4.50. The zero-order valence-corrected chi connectivity index (χ0v) is 14.8. The van der Waals surface area contributed by atoms with Gasteiger partial charge < -0.3 is 4.90 Å². The number of aromatic nitrogens is 1. The van der Waals surface area contributed by atoms with E-state index in [0.29, 0.717) is 22.9 Å². The molecule has 0 spiro atoms. The summed E-state index contributed by atoms with van der Waals surface area (Å²) < 4.78 is 0. The van der Waals surface area contributed by atoms with E-state index in [9.17, 15) is 9.59 Å². The molecule has 0 saturated carbocycles. The van der Waals surface area contributed by atoms with Crippen LogP contribution in [-0.2, 0) is 6.42 Å². The molecule has 1 aliphatic heterocycles. The Labute approximate surface area is 155 Å². The number of thiazole rings is 1. The van der Waals surface area contributed by atoms with Crippen LogP contribution in [-0.4, -0.2) is 23.3 Å². The van der Waals surface area contributed by atoms with Crippen molar-refractivity contribution in [1.82, 2.24) is 4.98 Å². The van der Waals surface area contributed by atoms with Crippen molar-refractivity contribution in [2.24, 2.45) is 0 Å². The van der Waals surface area contributed by atoms with E-state index < -0.39 is 0 Å². The lowest BCUT2D eigenvalue weighted by molar-refractivity contribution is 0.0978. The van der Waals surface area contributed by atoms with Gasteiger partial charge in [0, 0.05) is 23.2 Å². The van der Waals surface area contributed by atoms with Crippen LogP contribution in [0.2, 0.25) is 0 Å². The molecule has 0 bridgehead atoms. The molecular formula is C20H17N3O2S. The minimum absolute atomic E-state index is 0.131. The molecule has 3 aromatic rings. The summed E-state index contributed by atoms with van der Waals surface area (Å²) >= 11 is 1.26. The Bertz CT molecular complexity index is 952. The lowest BCUT2D eigenvalue weighted by Gasteiger charge is -2.28. The summed E-state index contributed by atoms with van der Waals surface area (Å²) in [6.45, 7) is 0.680. The molecule has 1 N–H and O–H groups in total. The average molecular weight is 363 g/mol. The van der Waals surface area contributed by atoms with Gasteiger partial charge in [-0.1, -0.05) is 36.4 Å². The van der Waals surface area contributed by atoms with Crippen LogP contribution in [0, 0.1) is 0 Å². The molecule has 0 atom stereocenters. The minimum atomic E-state index is -0.234. The van der Waals surface area contributed by atoms with Crippen LogP contribution >= 0.6 is 11.3 Å². The number of fused-ring (bicyclic) bond motifs is 1. The molecule has 1 aromatic heterocycles. The number of rotatable bonds is 3. The van der Waals surface area contributed by atoms with E-state index in [0.717, 1.165) is 18.5 Å². The van der Waals surface area contributed by atoms with Crippen molar-refractivity contribution in [3.8, 4) is 0 Å². The fourth-order valence-electron chi connectivity index (χ4n) is 3.07. The zero-order chi connectivity index (χ0) is 17.9. The number of benzene rings is 2. The van der Waals surface area contributed by atoms with Crippen molar-refractivity contribution in [2.75, 3.05) is 16.8 Å². The van der Waals surface area contributed by atoms with Crippen LogP contribution in [0.1, 0.15) is 32.8 Å². The molecule has 5 nitrogen and oxygen atoms in total. The molecule has 26 heavy (non-hydrogen) atoms. The van der Waals surface area contributed by atoms with E-state index in [-0.39, 0.29) is 11.8 Å². The Morgan fingerprint density at radius 2 is 1.81 bits per heavy atom. The minimum Gasteiger partial charge on any atom is -0.307 e. The lowest BCUT2D eigenvalue weighted by Crippen LogP contribution is -2.35. The molecule has 130 valence electrons. The topological polar surface area (TPSA) is 62.3 Å². The number of nitrogens with one attached hydrogen (secondary N) is 1. The van der Waals surface area contributed by atoms with Crippen LogP contribution in [0.4, 0.5) is 10.8 Å². The maximum absolute atomic E-state index is 12.9. The summed E-state index contributed by atoms with van der Waals surface area (Å²) in [7, 11) is 0. The number of hydrogen-bond acceptors (Lipinski definition) is 4. The second kappa shape index (κ2) is 7.09. The van der Waals surface area contributed by atoms with E-state index in [1.54, 1.807) is 34.5 Å². The molecule has 0 saturated heterocycles. The molecule has 6 heteroatoms. The maximum Gasteiger partial charge on any atom is 0.277 e. The highest BCUT2D eigenvalue weighted by Crippen LogP contribution is 2.28. The number of amides is 2. The Balaban J connectivity index is 1.52. The number of carbonyl (C=O) groups excluding carboxylic acids is 2. The summed E-state index contributed by atoms with van der Waals surface area (Å²) in [6, 6.07) is 16.9. The summed E-state index contributed by atoms with van der Waals surface area (Å²) in [5, 5.41) is 4.87. The highest BCUT2D eigenvalue weighted by molar-refractivity contribution is 7.14. The standard InChI is InChI=1S/C20H17N3O2S/c24-18(15-8-2-1-3-9-15)22-20-21-16(13-26-20)19(25)23-12-6-10-14-7-4-5-11-17(14)23/h1-5,7-9,11,13H,6,10,12H2,(H,21,22,24). The highest BCUT2D eigenvalue weighted by Gasteiger charge is 2.25. The second-order valence-electron chi connectivity index (χ2n) is 6.05. The smallest absolute Gasteiger partial charge is 0.277 e. The summed E-state index contributed by atoms with van der Waals surface area (Å²) in [5.74, 6) is -0.365. The van der Waals surface area contributed by atoms with Crippen LogP contribution in [0.3, 0.4) is 0 Å². The van der Waals surface area contributed by atoms with Crippen molar-refractivity contribution in [3.05, 3.63) is 76.8 Å². The van der Waals surface area contributed by atoms with Gasteiger partial charge in [-0.25, -0.2) is 4.98 Å². The summed E-state index contributed by atoms with van der Waals surface area (Å²) in [5.41, 5.74) is 3.04. The normalized spacial score (nSPS) is 13.2. The summed E-state index contributed by atoms with van der Waals surface area (Å²) in [6.07, 6.45) is 1.92. The van der Waals surface area contributed by atoms with Crippen molar-refractivity contribution in [1.29, 1.82) is 0 Å². The second-order valence-corrected chi connectivity index (χ2v) is 6.91. The lowest BCUT2D eigenvalue weighted by atomic mass is 10.0. The van der Waals surface area contributed by atoms with E-state index in [2.05, 4.69) is 16.4 Å². The van der Waals surface area contributed by atoms with Crippen molar-refractivity contribution in [3.63, 3.8) is 0 Å². The monoisotopic (exact) mass is 363 g/mol. The predicted molar refractivity (Wildman–Crippen MR) is 103 cm³/mol. The molecule has 1 aliphatic rings. The fraction of sp³-hybridized carbons (Fsp3) is 0.150. The third kappa shape index (κ3) is 3.23. The number of para-hydroxylation sites is 1. The Morgan fingerprint density at radius 3 is 2.65 bits per heavy atom. The van der Waals surface area contributed by atoms with Crippen LogP contribution < -0.4 is 10.2 Å². The summed E-state index contributed by atoms with van der Waals surface area (Å²) in [4.78, 5) is 31.2. The van der Waals surface area contributed by atoms with Gasteiger partial charge in [-0.3, -0.25) is 14.9 Å². The van der Waals surface area contributed by atoms with E-state index in [1.165, 1.54) is 16.9 Å². The van der Waals surface area contributed by atoms with Gasteiger partial charge in [-0.2, -0.15) is 0 Å². The molecule has 2 aromatic carbocycles. The van der Waals surface area contributed by atoms with Crippen LogP contribution in [0.5, 0.6) is 0 Å². The van der Waals surface area contributed by atoms with Crippen molar-refractivity contribution < 1.29 is 9.59 Å². The van der Waals surface area contributed by atoms with E-state index in [1.807, 2.05) is 24.3 Å². The molecule has 0 radical (unpaired) electrons. The molecular weight excluding hydrogens is 346 g/mol. The fourth-order valence-corrected chi connectivity index (χ4v) is 3.75. The first-order valence-electron chi connectivity index (χ1n) is 8.44. The number of carbonyl (C=O) groups is 2. The number of hydrogen-bond donors (Lipinski definition) is 1. The highest BCUT2D eigenvalue weighted by atomic mass is 32.1. The molecule has 0 fully saturated rings. The number of aryl methyl sites for hydroxylation is 1. The molecule has 0 unspecified atom stereocenters. The predicted octanol–water partition coefficient (Wildman–Crippen LogP) is 3.99. The van der Waals surface area contributed by atoms with Crippen LogP contribution in [0.15, 0.2) is 60.0 Å². The zero-order valence-electron chi connectivity index (χ0n) is 14.0. The van der Waals surface area contributed by atoms with Gasteiger partial charge >= 0.3 is 0 Å². The van der Waals surface area contributed by atoms with Gasteiger partial charge in [-0.05, 0) is 36.6 Å². The first kappa shape index (κ1) is 16.5. The van der Waals surface area contributed by atoms with Crippen LogP contribution in [0.25, 0.3) is 0 Å². The number of anilines is 2. The van der Waals surface area contributed by atoms with Gasteiger partial charge in [0.15, 0.2) is 5.13 Å². The molecule has 4 rings (SSSR count). The van der Waals surface area contributed by atoms with Crippen molar-refractivity contribution >= 4 is 34.0 Å². The molecule has 2 heterocycles. The third-order valence-corrected chi connectivity index (χ3v) is 5.09.